The highest BCUT2D eigenvalue weighted by molar-refractivity contribution is 7.20. The van der Waals surface area contributed by atoms with Crippen molar-refractivity contribution in [2.75, 3.05) is 7.05 Å². The lowest BCUT2D eigenvalue weighted by atomic mass is 10.2. The maximum Gasteiger partial charge on any atom is 0.264 e. The van der Waals surface area contributed by atoms with Crippen LogP contribution in [-0.4, -0.2) is 32.6 Å². The average molecular weight is 429 g/mol. The molecule has 29 heavy (non-hydrogen) atoms. The summed E-state index contributed by atoms with van der Waals surface area (Å²) in [7, 11) is 1.82. The zero-order valence-corrected chi connectivity index (χ0v) is 18.5. The highest BCUT2D eigenvalue weighted by atomic mass is 32.1. The summed E-state index contributed by atoms with van der Waals surface area (Å²) in [6.07, 6.45) is 0. The number of fused-ring (bicyclic) bond motifs is 1. The minimum Gasteiger partial charge on any atom is -0.333 e. The second-order valence-electron chi connectivity index (χ2n) is 7.08. The second-order valence-corrected chi connectivity index (χ2v) is 9.34. The van der Waals surface area contributed by atoms with E-state index in [2.05, 4.69) is 10.1 Å². The first-order valence-electron chi connectivity index (χ1n) is 9.22. The van der Waals surface area contributed by atoms with Crippen LogP contribution < -0.4 is 0 Å². The third-order valence-corrected chi connectivity index (χ3v) is 7.39. The normalized spacial score (nSPS) is 12.5. The molecule has 5 nitrogen and oxygen atoms in total. The SMILES string of the molecule is Cc1nc(C)c(C(C)N(C)C(=O)c2cc3c(C)nn(-c4ccc(F)cc4)c3s2)s1. The van der Waals surface area contributed by atoms with Crippen molar-refractivity contribution < 1.29 is 9.18 Å². The van der Waals surface area contributed by atoms with Gasteiger partial charge >= 0.3 is 0 Å². The Hall–Kier alpha value is -2.58. The number of halogens is 1. The minimum absolute atomic E-state index is 0.0331. The summed E-state index contributed by atoms with van der Waals surface area (Å²) in [5, 5.41) is 6.51. The van der Waals surface area contributed by atoms with E-state index in [9.17, 15) is 9.18 Å². The lowest BCUT2D eigenvalue weighted by Crippen LogP contribution is -2.29. The molecule has 0 aliphatic rings. The predicted octanol–water partition coefficient (Wildman–Crippen LogP) is 5.44. The molecule has 1 aromatic carbocycles. The van der Waals surface area contributed by atoms with E-state index in [-0.39, 0.29) is 17.8 Å². The third kappa shape index (κ3) is 3.47. The molecule has 4 rings (SSSR count). The standard InChI is InChI=1S/C21H21FN4OS2/c1-11-17-10-18(20(27)25(5)13(3)19-12(2)23-14(4)28-19)29-21(17)26(24-11)16-8-6-15(22)7-9-16/h6-10,13H,1-5H3. The van der Waals surface area contributed by atoms with E-state index < -0.39 is 0 Å². The Balaban J connectivity index is 1.69. The number of benzene rings is 1. The van der Waals surface area contributed by atoms with Crippen LogP contribution in [0.5, 0.6) is 0 Å². The first-order chi connectivity index (χ1) is 13.8. The summed E-state index contributed by atoms with van der Waals surface area (Å²) < 4.78 is 15.1. The van der Waals surface area contributed by atoms with Crippen LogP contribution in [0.15, 0.2) is 30.3 Å². The van der Waals surface area contributed by atoms with Gasteiger partial charge in [-0.1, -0.05) is 0 Å². The Labute approximate surface area is 176 Å². The first kappa shape index (κ1) is 19.7. The van der Waals surface area contributed by atoms with Crippen LogP contribution in [0.25, 0.3) is 15.9 Å². The van der Waals surface area contributed by atoms with Crippen molar-refractivity contribution in [3.8, 4) is 5.69 Å². The highest BCUT2D eigenvalue weighted by Gasteiger charge is 2.25. The van der Waals surface area contributed by atoms with Crippen molar-refractivity contribution in [3.63, 3.8) is 0 Å². The second kappa shape index (κ2) is 7.35. The molecule has 0 saturated heterocycles. The zero-order valence-electron chi connectivity index (χ0n) is 16.9. The molecular formula is C21H21FN4OS2. The Morgan fingerprint density at radius 1 is 1.14 bits per heavy atom. The molecule has 3 aromatic heterocycles. The van der Waals surface area contributed by atoms with Crippen LogP contribution in [0.3, 0.4) is 0 Å². The summed E-state index contributed by atoms with van der Waals surface area (Å²) >= 11 is 3.03. The number of nitrogens with zero attached hydrogens (tertiary/aromatic N) is 4. The number of hydrogen-bond acceptors (Lipinski definition) is 5. The number of thiophene rings is 1. The molecule has 0 aliphatic heterocycles. The van der Waals surface area contributed by atoms with Crippen LogP contribution >= 0.6 is 22.7 Å². The molecule has 8 heteroatoms. The minimum atomic E-state index is -0.292. The quantitative estimate of drug-likeness (QED) is 0.435. The number of carbonyl (C=O) groups excluding carboxylic acids is 1. The predicted molar refractivity (Wildman–Crippen MR) is 116 cm³/mol. The van der Waals surface area contributed by atoms with Crippen molar-refractivity contribution >= 4 is 38.8 Å². The Bertz CT molecular complexity index is 1210. The smallest absolute Gasteiger partial charge is 0.264 e. The number of hydrogen-bond donors (Lipinski definition) is 0. The summed E-state index contributed by atoms with van der Waals surface area (Å²) in [5.41, 5.74) is 2.57. The van der Waals surface area contributed by atoms with Crippen molar-refractivity contribution in [2.24, 2.45) is 0 Å². The largest absolute Gasteiger partial charge is 0.333 e. The number of thiazole rings is 1. The van der Waals surface area contributed by atoms with Gasteiger partial charge in [0.15, 0.2) is 0 Å². The molecule has 1 amide bonds. The topological polar surface area (TPSA) is 51.0 Å². The number of aromatic nitrogens is 3. The monoisotopic (exact) mass is 428 g/mol. The summed E-state index contributed by atoms with van der Waals surface area (Å²) in [6, 6.07) is 8.03. The van der Waals surface area contributed by atoms with Gasteiger partial charge in [0, 0.05) is 17.3 Å². The van der Waals surface area contributed by atoms with E-state index >= 15 is 0 Å². The highest BCUT2D eigenvalue weighted by Crippen LogP contribution is 2.34. The fourth-order valence-electron chi connectivity index (χ4n) is 3.37. The Morgan fingerprint density at radius 2 is 1.83 bits per heavy atom. The Morgan fingerprint density at radius 3 is 2.45 bits per heavy atom. The van der Waals surface area contributed by atoms with Gasteiger partial charge in [-0.15, -0.1) is 22.7 Å². The van der Waals surface area contributed by atoms with Crippen molar-refractivity contribution in [1.82, 2.24) is 19.7 Å². The Kier molecular flexibility index (Phi) is 5.00. The van der Waals surface area contributed by atoms with E-state index in [1.807, 2.05) is 40.8 Å². The molecule has 150 valence electrons. The maximum absolute atomic E-state index is 13.3. The van der Waals surface area contributed by atoms with Crippen molar-refractivity contribution in [3.05, 3.63) is 62.3 Å². The molecule has 1 atom stereocenters. The van der Waals surface area contributed by atoms with E-state index in [4.69, 9.17) is 0 Å². The molecule has 0 fully saturated rings. The van der Waals surface area contributed by atoms with Crippen LogP contribution in [0.1, 0.15) is 43.9 Å². The van der Waals surface area contributed by atoms with E-state index in [0.717, 1.165) is 37.2 Å². The van der Waals surface area contributed by atoms with Gasteiger partial charge in [-0.05, 0) is 58.0 Å². The zero-order chi connectivity index (χ0) is 20.9. The fraction of sp³-hybridized carbons (Fsp3) is 0.286. The van der Waals surface area contributed by atoms with Gasteiger partial charge < -0.3 is 4.90 Å². The summed E-state index contributed by atoms with van der Waals surface area (Å²) in [6.45, 7) is 7.90. The van der Waals surface area contributed by atoms with Gasteiger partial charge in [0.1, 0.15) is 10.6 Å². The lowest BCUT2D eigenvalue weighted by molar-refractivity contribution is 0.0749. The third-order valence-electron chi connectivity index (χ3n) is 5.05. The molecule has 0 aliphatic carbocycles. The van der Waals surface area contributed by atoms with Crippen LogP contribution in [0.2, 0.25) is 0 Å². The van der Waals surface area contributed by atoms with E-state index in [1.165, 1.54) is 23.5 Å². The van der Waals surface area contributed by atoms with Gasteiger partial charge in [-0.2, -0.15) is 5.10 Å². The van der Waals surface area contributed by atoms with Gasteiger partial charge in [-0.25, -0.2) is 14.1 Å². The van der Waals surface area contributed by atoms with Gasteiger partial charge in [0.2, 0.25) is 0 Å². The van der Waals surface area contributed by atoms with Gasteiger partial charge in [0.25, 0.3) is 5.91 Å². The molecular weight excluding hydrogens is 407 g/mol. The number of carbonyl (C=O) groups is 1. The molecule has 0 N–H and O–H groups in total. The molecule has 0 spiro atoms. The maximum atomic E-state index is 13.3. The molecule has 0 saturated carbocycles. The number of amides is 1. The van der Waals surface area contributed by atoms with E-state index in [0.29, 0.717) is 4.88 Å². The van der Waals surface area contributed by atoms with Crippen LogP contribution in [0.4, 0.5) is 4.39 Å². The molecule has 0 bridgehead atoms. The molecule has 4 aromatic rings. The molecule has 0 radical (unpaired) electrons. The van der Waals surface area contributed by atoms with Gasteiger partial charge in [0.05, 0.1) is 33.0 Å². The number of aryl methyl sites for hydroxylation is 3. The first-order valence-corrected chi connectivity index (χ1v) is 10.9. The summed E-state index contributed by atoms with van der Waals surface area (Å²) in [5.74, 6) is -0.325. The van der Waals surface area contributed by atoms with Crippen molar-refractivity contribution in [2.45, 2.75) is 33.7 Å². The fourth-order valence-corrected chi connectivity index (χ4v) is 5.56. The summed E-state index contributed by atoms with van der Waals surface area (Å²) in [4.78, 5) is 22.1. The average Bonchev–Trinajstić information content (AvgIpc) is 3.35. The van der Waals surface area contributed by atoms with E-state index in [1.54, 1.807) is 33.1 Å². The lowest BCUT2D eigenvalue weighted by Gasteiger charge is -2.23. The number of rotatable bonds is 4. The van der Waals surface area contributed by atoms with Crippen LogP contribution in [-0.2, 0) is 0 Å². The van der Waals surface area contributed by atoms with Crippen LogP contribution in [0, 0.1) is 26.6 Å². The molecule has 1 unspecified atom stereocenters. The van der Waals surface area contributed by atoms with Crippen molar-refractivity contribution in [1.29, 1.82) is 0 Å². The van der Waals surface area contributed by atoms with Gasteiger partial charge in [-0.3, -0.25) is 4.79 Å². The molecule has 3 heterocycles.